The summed E-state index contributed by atoms with van der Waals surface area (Å²) in [6, 6.07) is 12.3. The van der Waals surface area contributed by atoms with Gasteiger partial charge in [-0.15, -0.1) is 0 Å². The molecule has 2 aromatic rings. The molecular weight excluding hydrogens is 265 g/mol. The molecule has 0 fully saturated rings. The molecule has 4 heteroatoms. The lowest BCUT2D eigenvalue weighted by molar-refractivity contribution is 0.246. The first-order chi connectivity index (χ1) is 9.22. The Kier molecular flexibility index (Phi) is 3.30. The number of halogens is 2. The zero-order valence-corrected chi connectivity index (χ0v) is 11.0. The van der Waals surface area contributed by atoms with Gasteiger partial charge in [0.05, 0.1) is 17.3 Å². The number of hydrogen-bond acceptors (Lipinski definition) is 2. The van der Waals surface area contributed by atoms with Crippen molar-refractivity contribution in [3.8, 4) is 5.75 Å². The predicted octanol–water partition coefficient (Wildman–Crippen LogP) is 3.89. The molecule has 3 rings (SSSR count). The second-order valence-corrected chi connectivity index (χ2v) is 4.96. The van der Waals surface area contributed by atoms with Crippen molar-refractivity contribution in [3.05, 3.63) is 58.9 Å². The topological polar surface area (TPSA) is 21.3 Å². The smallest absolute Gasteiger partial charge is 0.124 e. The summed E-state index contributed by atoms with van der Waals surface area (Å²) in [6.45, 7) is 0.639. The largest absolute Gasteiger partial charge is 0.488 e. The molecule has 1 N–H and O–H groups in total. The minimum absolute atomic E-state index is 0.0820. The Labute approximate surface area is 116 Å². The van der Waals surface area contributed by atoms with Crippen LogP contribution in [0, 0.1) is 5.82 Å². The molecule has 0 radical (unpaired) electrons. The lowest BCUT2D eigenvalue weighted by Crippen LogP contribution is -2.24. The highest BCUT2D eigenvalue weighted by Gasteiger charge is 2.22. The molecule has 1 heterocycles. The molecule has 0 amide bonds. The van der Waals surface area contributed by atoms with Gasteiger partial charge in [-0.2, -0.15) is 0 Å². The van der Waals surface area contributed by atoms with Crippen molar-refractivity contribution < 1.29 is 9.13 Å². The van der Waals surface area contributed by atoms with Crippen LogP contribution in [0.25, 0.3) is 0 Å². The summed E-state index contributed by atoms with van der Waals surface area (Å²) in [5.74, 6) is 0.611. The number of fused-ring (bicyclic) bond motifs is 1. The first-order valence-electron chi connectivity index (χ1n) is 6.16. The molecular formula is C15H13ClFNO. The van der Waals surface area contributed by atoms with Crippen molar-refractivity contribution in [1.29, 1.82) is 0 Å². The minimum atomic E-state index is -0.333. The van der Waals surface area contributed by atoms with Crippen molar-refractivity contribution >= 4 is 17.3 Å². The average Bonchev–Trinajstić information content (AvgIpc) is 2.80. The van der Waals surface area contributed by atoms with Crippen LogP contribution >= 0.6 is 11.6 Å². The fourth-order valence-electron chi connectivity index (χ4n) is 2.22. The van der Waals surface area contributed by atoms with Crippen LogP contribution in [-0.2, 0) is 6.42 Å². The van der Waals surface area contributed by atoms with Crippen molar-refractivity contribution in [3.63, 3.8) is 0 Å². The van der Waals surface area contributed by atoms with E-state index in [0.29, 0.717) is 11.6 Å². The summed E-state index contributed by atoms with van der Waals surface area (Å²) in [5, 5.41) is 3.58. The van der Waals surface area contributed by atoms with Gasteiger partial charge in [0.1, 0.15) is 17.7 Å². The van der Waals surface area contributed by atoms with E-state index in [1.807, 2.05) is 18.2 Å². The van der Waals surface area contributed by atoms with Crippen molar-refractivity contribution in [1.82, 2.24) is 0 Å². The van der Waals surface area contributed by atoms with Gasteiger partial charge in [-0.1, -0.05) is 29.8 Å². The van der Waals surface area contributed by atoms with E-state index < -0.39 is 0 Å². The molecule has 19 heavy (non-hydrogen) atoms. The molecule has 0 bridgehead atoms. The van der Waals surface area contributed by atoms with Crippen molar-refractivity contribution in [2.24, 2.45) is 0 Å². The van der Waals surface area contributed by atoms with E-state index in [1.165, 1.54) is 17.7 Å². The SMILES string of the molecule is Fc1ccc(NCC2Cc3ccccc3O2)c(Cl)c1. The Bertz CT molecular complexity index is 577. The van der Waals surface area contributed by atoms with Gasteiger partial charge in [0.25, 0.3) is 0 Å². The normalized spacial score (nSPS) is 16.8. The van der Waals surface area contributed by atoms with Gasteiger partial charge < -0.3 is 10.1 Å². The molecule has 0 spiro atoms. The fourth-order valence-corrected chi connectivity index (χ4v) is 2.46. The van der Waals surface area contributed by atoms with Crippen LogP contribution in [0.1, 0.15) is 5.56 Å². The van der Waals surface area contributed by atoms with Crippen LogP contribution in [0.3, 0.4) is 0 Å². The molecule has 1 aliphatic heterocycles. The highest BCUT2D eigenvalue weighted by molar-refractivity contribution is 6.33. The number of nitrogens with one attached hydrogen (secondary N) is 1. The zero-order chi connectivity index (χ0) is 13.2. The Morgan fingerprint density at radius 2 is 2.11 bits per heavy atom. The third-order valence-electron chi connectivity index (χ3n) is 3.17. The lowest BCUT2D eigenvalue weighted by Gasteiger charge is -2.13. The summed E-state index contributed by atoms with van der Waals surface area (Å²) >= 11 is 5.96. The van der Waals surface area contributed by atoms with E-state index in [0.717, 1.165) is 17.9 Å². The van der Waals surface area contributed by atoms with Crippen molar-refractivity contribution in [2.75, 3.05) is 11.9 Å². The quantitative estimate of drug-likeness (QED) is 0.919. The molecule has 0 aliphatic carbocycles. The highest BCUT2D eigenvalue weighted by atomic mass is 35.5. The van der Waals surface area contributed by atoms with Crippen molar-refractivity contribution in [2.45, 2.75) is 12.5 Å². The van der Waals surface area contributed by atoms with Crippen LogP contribution in [0.2, 0.25) is 5.02 Å². The molecule has 1 aliphatic rings. The molecule has 2 nitrogen and oxygen atoms in total. The van der Waals surface area contributed by atoms with Gasteiger partial charge in [0, 0.05) is 6.42 Å². The third-order valence-corrected chi connectivity index (χ3v) is 3.48. The van der Waals surface area contributed by atoms with Gasteiger partial charge in [0.15, 0.2) is 0 Å². The minimum Gasteiger partial charge on any atom is -0.488 e. The monoisotopic (exact) mass is 277 g/mol. The Hall–Kier alpha value is -1.74. The molecule has 2 aromatic carbocycles. The Balaban J connectivity index is 1.63. The highest BCUT2D eigenvalue weighted by Crippen LogP contribution is 2.29. The number of rotatable bonds is 3. The zero-order valence-electron chi connectivity index (χ0n) is 10.2. The summed E-state index contributed by atoms with van der Waals surface area (Å²) in [7, 11) is 0. The molecule has 1 unspecified atom stereocenters. The third kappa shape index (κ3) is 2.66. The lowest BCUT2D eigenvalue weighted by atomic mass is 10.1. The first kappa shape index (κ1) is 12.3. The predicted molar refractivity (Wildman–Crippen MR) is 74.5 cm³/mol. The average molecular weight is 278 g/mol. The van der Waals surface area contributed by atoms with Crippen LogP contribution in [0.4, 0.5) is 10.1 Å². The number of hydrogen-bond donors (Lipinski definition) is 1. The first-order valence-corrected chi connectivity index (χ1v) is 6.53. The maximum absolute atomic E-state index is 12.9. The Morgan fingerprint density at radius 3 is 2.89 bits per heavy atom. The van der Waals surface area contributed by atoms with Gasteiger partial charge in [0.2, 0.25) is 0 Å². The van der Waals surface area contributed by atoms with E-state index in [1.54, 1.807) is 6.07 Å². The molecule has 0 aromatic heterocycles. The second kappa shape index (κ2) is 5.10. The van der Waals surface area contributed by atoms with E-state index in [9.17, 15) is 4.39 Å². The number of ether oxygens (including phenoxy) is 1. The van der Waals surface area contributed by atoms with Gasteiger partial charge in [-0.05, 0) is 29.8 Å². The van der Waals surface area contributed by atoms with Crippen LogP contribution in [0.5, 0.6) is 5.75 Å². The van der Waals surface area contributed by atoms with E-state index in [4.69, 9.17) is 16.3 Å². The van der Waals surface area contributed by atoms with E-state index in [-0.39, 0.29) is 11.9 Å². The van der Waals surface area contributed by atoms with Gasteiger partial charge in [-0.3, -0.25) is 0 Å². The summed E-state index contributed by atoms with van der Waals surface area (Å²) in [6.07, 6.45) is 0.959. The van der Waals surface area contributed by atoms with Crippen LogP contribution in [0.15, 0.2) is 42.5 Å². The van der Waals surface area contributed by atoms with E-state index >= 15 is 0 Å². The molecule has 0 saturated heterocycles. The van der Waals surface area contributed by atoms with Gasteiger partial charge in [-0.25, -0.2) is 4.39 Å². The molecule has 1 atom stereocenters. The maximum Gasteiger partial charge on any atom is 0.124 e. The molecule has 98 valence electrons. The summed E-state index contributed by atoms with van der Waals surface area (Å²) < 4.78 is 18.7. The van der Waals surface area contributed by atoms with Crippen LogP contribution < -0.4 is 10.1 Å². The van der Waals surface area contributed by atoms with E-state index in [2.05, 4.69) is 11.4 Å². The number of para-hydroxylation sites is 1. The standard InChI is InChI=1S/C15H13ClFNO/c16-13-8-11(17)5-6-14(13)18-9-12-7-10-3-1-2-4-15(10)19-12/h1-6,8,12,18H,7,9H2. The summed E-state index contributed by atoms with van der Waals surface area (Å²) in [5.41, 5.74) is 1.95. The fraction of sp³-hybridized carbons (Fsp3) is 0.200. The summed E-state index contributed by atoms with van der Waals surface area (Å²) in [4.78, 5) is 0. The van der Waals surface area contributed by atoms with Crippen LogP contribution in [-0.4, -0.2) is 12.6 Å². The number of benzene rings is 2. The molecule has 0 saturated carbocycles. The number of anilines is 1. The van der Waals surface area contributed by atoms with Gasteiger partial charge >= 0.3 is 0 Å². The second-order valence-electron chi connectivity index (χ2n) is 4.56. The maximum atomic E-state index is 12.9. The Morgan fingerprint density at radius 1 is 1.26 bits per heavy atom.